The number of nitrogens with two attached hydrogens (primary N) is 1. The molecule has 0 radical (unpaired) electrons. The zero-order valence-corrected chi connectivity index (χ0v) is 12.3. The molecule has 2 aromatic rings. The number of nitrogens with one attached hydrogen (secondary N) is 1. The quantitative estimate of drug-likeness (QED) is 0.848. The normalized spacial score (nSPS) is 11.8. The Hall–Kier alpha value is -1.70. The Balaban J connectivity index is 2.12. The van der Waals surface area contributed by atoms with Crippen molar-refractivity contribution in [3.8, 4) is 0 Å². The third-order valence-corrected chi connectivity index (χ3v) is 4.45. The fourth-order valence-electron chi connectivity index (χ4n) is 1.88. The van der Waals surface area contributed by atoms with Gasteiger partial charge in [0.25, 0.3) is 0 Å². The topological polar surface area (TPSA) is 90.0 Å². The molecule has 2 rings (SSSR count). The number of benzene rings is 1. The number of rotatable bonds is 5. The van der Waals surface area contributed by atoms with Crippen LogP contribution in [0.4, 0.5) is 0 Å². The van der Waals surface area contributed by atoms with E-state index in [9.17, 15) is 8.42 Å². The summed E-state index contributed by atoms with van der Waals surface area (Å²) in [6, 6.07) is 6.54. The first-order valence-electron chi connectivity index (χ1n) is 6.20. The summed E-state index contributed by atoms with van der Waals surface area (Å²) < 4.78 is 28.5. The minimum atomic E-state index is -3.52. The van der Waals surface area contributed by atoms with Crippen molar-refractivity contribution in [2.45, 2.75) is 24.9 Å². The second kappa shape index (κ2) is 5.74. The standard InChI is InChI=1S/C13H18N4O2S/c1-10-12(9-17(2)16-10)8-15-20(18,19)13-5-3-11(7-14)4-6-13/h3-6,9,15H,7-8,14H2,1-2H3. The lowest BCUT2D eigenvalue weighted by Crippen LogP contribution is -2.23. The van der Waals surface area contributed by atoms with Crippen LogP contribution in [0.25, 0.3) is 0 Å². The van der Waals surface area contributed by atoms with E-state index >= 15 is 0 Å². The van der Waals surface area contributed by atoms with E-state index in [1.54, 1.807) is 42.2 Å². The van der Waals surface area contributed by atoms with Crippen LogP contribution in [0.15, 0.2) is 35.4 Å². The van der Waals surface area contributed by atoms with Crippen LogP contribution in [0.2, 0.25) is 0 Å². The Labute approximate surface area is 118 Å². The molecule has 0 saturated carbocycles. The molecule has 0 aliphatic carbocycles. The predicted octanol–water partition coefficient (Wildman–Crippen LogP) is 0.666. The van der Waals surface area contributed by atoms with Gasteiger partial charge in [-0.05, 0) is 24.6 Å². The van der Waals surface area contributed by atoms with E-state index in [4.69, 9.17) is 5.73 Å². The number of aryl methyl sites for hydroxylation is 2. The number of sulfonamides is 1. The maximum Gasteiger partial charge on any atom is 0.240 e. The van der Waals surface area contributed by atoms with E-state index in [0.29, 0.717) is 6.54 Å². The summed E-state index contributed by atoms with van der Waals surface area (Å²) in [5.74, 6) is 0. The lowest BCUT2D eigenvalue weighted by atomic mass is 10.2. The van der Waals surface area contributed by atoms with Crippen LogP contribution >= 0.6 is 0 Å². The lowest BCUT2D eigenvalue weighted by molar-refractivity contribution is 0.581. The first kappa shape index (κ1) is 14.7. The van der Waals surface area contributed by atoms with Crippen LogP contribution in [0, 0.1) is 6.92 Å². The third-order valence-electron chi connectivity index (χ3n) is 3.04. The van der Waals surface area contributed by atoms with Crippen molar-refractivity contribution in [1.82, 2.24) is 14.5 Å². The smallest absolute Gasteiger partial charge is 0.240 e. The molecule has 0 spiro atoms. The molecule has 108 valence electrons. The van der Waals surface area contributed by atoms with Gasteiger partial charge in [-0.15, -0.1) is 0 Å². The molecule has 0 amide bonds. The highest BCUT2D eigenvalue weighted by atomic mass is 32.2. The molecule has 1 aromatic carbocycles. The number of hydrogen-bond donors (Lipinski definition) is 2. The highest BCUT2D eigenvalue weighted by Gasteiger charge is 2.14. The molecule has 0 aliphatic rings. The van der Waals surface area contributed by atoms with Crippen molar-refractivity contribution in [2.75, 3.05) is 0 Å². The molecule has 0 bridgehead atoms. The van der Waals surface area contributed by atoms with Gasteiger partial charge in [0.05, 0.1) is 10.6 Å². The third kappa shape index (κ3) is 3.24. The van der Waals surface area contributed by atoms with Crippen molar-refractivity contribution in [2.24, 2.45) is 12.8 Å². The Bertz CT molecular complexity index is 690. The molecule has 0 unspecified atom stereocenters. The zero-order chi connectivity index (χ0) is 14.8. The second-order valence-corrected chi connectivity index (χ2v) is 6.35. The van der Waals surface area contributed by atoms with Gasteiger partial charge in [-0.3, -0.25) is 4.68 Å². The SMILES string of the molecule is Cc1nn(C)cc1CNS(=O)(=O)c1ccc(CN)cc1. The van der Waals surface area contributed by atoms with Gasteiger partial charge in [0.2, 0.25) is 10.0 Å². The van der Waals surface area contributed by atoms with Crippen LogP contribution in [-0.4, -0.2) is 18.2 Å². The highest BCUT2D eigenvalue weighted by molar-refractivity contribution is 7.89. The van der Waals surface area contributed by atoms with Gasteiger partial charge >= 0.3 is 0 Å². The van der Waals surface area contributed by atoms with E-state index in [1.807, 2.05) is 6.92 Å². The molecule has 6 nitrogen and oxygen atoms in total. The summed E-state index contributed by atoms with van der Waals surface area (Å²) >= 11 is 0. The number of nitrogens with zero attached hydrogens (tertiary/aromatic N) is 2. The lowest BCUT2D eigenvalue weighted by Gasteiger charge is -2.06. The largest absolute Gasteiger partial charge is 0.326 e. The first-order valence-corrected chi connectivity index (χ1v) is 7.68. The van der Waals surface area contributed by atoms with Crippen molar-refractivity contribution >= 4 is 10.0 Å². The van der Waals surface area contributed by atoms with Crippen LogP contribution < -0.4 is 10.5 Å². The Kier molecular flexibility index (Phi) is 4.22. The van der Waals surface area contributed by atoms with E-state index in [-0.39, 0.29) is 11.4 Å². The fourth-order valence-corrected chi connectivity index (χ4v) is 2.89. The predicted molar refractivity (Wildman–Crippen MR) is 76.3 cm³/mol. The first-order chi connectivity index (χ1) is 9.42. The van der Waals surface area contributed by atoms with Crippen LogP contribution in [-0.2, 0) is 30.2 Å². The van der Waals surface area contributed by atoms with E-state index < -0.39 is 10.0 Å². The molecule has 0 fully saturated rings. The van der Waals surface area contributed by atoms with Crippen LogP contribution in [0.5, 0.6) is 0 Å². The van der Waals surface area contributed by atoms with Gasteiger partial charge in [0, 0.05) is 31.9 Å². The summed E-state index contributed by atoms with van der Waals surface area (Å²) in [6.07, 6.45) is 1.80. The van der Waals surface area contributed by atoms with Gasteiger partial charge in [-0.2, -0.15) is 5.10 Å². The molecule has 20 heavy (non-hydrogen) atoms. The monoisotopic (exact) mass is 294 g/mol. The summed E-state index contributed by atoms with van der Waals surface area (Å²) in [4.78, 5) is 0.233. The Morgan fingerprint density at radius 2 is 1.95 bits per heavy atom. The second-order valence-electron chi connectivity index (χ2n) is 4.59. The van der Waals surface area contributed by atoms with E-state index in [2.05, 4.69) is 9.82 Å². The van der Waals surface area contributed by atoms with E-state index in [0.717, 1.165) is 16.8 Å². The summed E-state index contributed by atoms with van der Waals surface area (Å²) in [5, 5.41) is 4.18. The molecule has 0 atom stereocenters. The van der Waals surface area contributed by atoms with Crippen molar-refractivity contribution in [3.63, 3.8) is 0 Å². The van der Waals surface area contributed by atoms with Gasteiger partial charge < -0.3 is 5.73 Å². The summed E-state index contributed by atoms with van der Waals surface area (Å²) in [7, 11) is -1.72. The van der Waals surface area contributed by atoms with E-state index in [1.165, 1.54) is 0 Å². The van der Waals surface area contributed by atoms with Crippen LogP contribution in [0.1, 0.15) is 16.8 Å². The molecule has 0 aliphatic heterocycles. The molecule has 1 aromatic heterocycles. The Morgan fingerprint density at radius 3 is 2.45 bits per heavy atom. The van der Waals surface area contributed by atoms with Crippen molar-refractivity contribution < 1.29 is 8.42 Å². The van der Waals surface area contributed by atoms with Crippen molar-refractivity contribution in [1.29, 1.82) is 0 Å². The number of aromatic nitrogens is 2. The highest BCUT2D eigenvalue weighted by Crippen LogP contribution is 2.12. The Morgan fingerprint density at radius 1 is 1.30 bits per heavy atom. The van der Waals surface area contributed by atoms with Gasteiger partial charge in [0.1, 0.15) is 0 Å². The molecular formula is C13H18N4O2S. The number of hydrogen-bond acceptors (Lipinski definition) is 4. The molecular weight excluding hydrogens is 276 g/mol. The minimum Gasteiger partial charge on any atom is -0.326 e. The van der Waals surface area contributed by atoms with Gasteiger partial charge in [-0.1, -0.05) is 12.1 Å². The maximum atomic E-state index is 12.2. The fraction of sp³-hybridized carbons (Fsp3) is 0.308. The van der Waals surface area contributed by atoms with Gasteiger partial charge in [0.15, 0.2) is 0 Å². The average molecular weight is 294 g/mol. The molecule has 7 heteroatoms. The summed E-state index contributed by atoms with van der Waals surface area (Å²) in [5.41, 5.74) is 8.05. The van der Waals surface area contributed by atoms with Crippen LogP contribution in [0.3, 0.4) is 0 Å². The molecule has 0 saturated heterocycles. The zero-order valence-electron chi connectivity index (χ0n) is 11.5. The van der Waals surface area contributed by atoms with Gasteiger partial charge in [-0.25, -0.2) is 13.1 Å². The minimum absolute atomic E-state index is 0.223. The molecule has 3 N–H and O–H groups in total. The average Bonchev–Trinajstić information content (AvgIpc) is 2.75. The summed E-state index contributed by atoms with van der Waals surface area (Å²) in [6.45, 7) is 2.46. The molecule has 1 heterocycles. The van der Waals surface area contributed by atoms with Crippen molar-refractivity contribution in [3.05, 3.63) is 47.3 Å². The maximum absolute atomic E-state index is 12.2.